The van der Waals surface area contributed by atoms with Gasteiger partial charge in [0.15, 0.2) is 0 Å². The van der Waals surface area contributed by atoms with Crippen LogP contribution in [-0.2, 0) is 0 Å². The standard InChI is InChI=1S/C15H25NOS/c1-10(2)8-15(14(7)17)18-12(5)9-16-13(6)11(3)4/h8-10,12,14,17H,3,6H2,1-2,4-5,7H3/b15-8-,16-9?. The molecule has 0 amide bonds. The summed E-state index contributed by atoms with van der Waals surface area (Å²) in [5, 5.41) is 9.91. The second-order valence-electron chi connectivity index (χ2n) is 4.82. The molecular formula is C15H25NOS. The smallest absolute Gasteiger partial charge is 0.0817 e. The molecule has 2 atom stereocenters. The van der Waals surface area contributed by atoms with Crippen LogP contribution in [0, 0.1) is 5.92 Å². The fourth-order valence-corrected chi connectivity index (χ4v) is 2.25. The minimum atomic E-state index is -0.433. The van der Waals surface area contributed by atoms with Gasteiger partial charge in [-0.1, -0.05) is 33.1 Å². The third kappa shape index (κ3) is 7.51. The van der Waals surface area contributed by atoms with Gasteiger partial charge < -0.3 is 5.11 Å². The third-order valence-corrected chi connectivity index (χ3v) is 3.41. The van der Waals surface area contributed by atoms with Crippen molar-refractivity contribution in [1.29, 1.82) is 0 Å². The molecule has 0 spiro atoms. The van der Waals surface area contributed by atoms with E-state index in [0.717, 1.165) is 10.5 Å². The van der Waals surface area contributed by atoms with Crippen molar-refractivity contribution in [2.45, 2.75) is 46.0 Å². The first kappa shape index (κ1) is 17.2. The minimum Gasteiger partial charge on any atom is -0.388 e. The molecule has 0 aromatic carbocycles. The summed E-state index contributed by atoms with van der Waals surface area (Å²) >= 11 is 1.63. The number of rotatable bonds is 7. The van der Waals surface area contributed by atoms with Crippen molar-refractivity contribution in [3.63, 3.8) is 0 Å². The summed E-state index contributed by atoms with van der Waals surface area (Å²) in [6, 6.07) is 0. The molecule has 0 aliphatic rings. The fourth-order valence-electron chi connectivity index (χ4n) is 1.16. The lowest BCUT2D eigenvalue weighted by atomic mass is 10.2. The number of thioether (sulfide) groups is 1. The Kier molecular flexibility index (Phi) is 7.96. The predicted molar refractivity (Wildman–Crippen MR) is 84.1 cm³/mol. The van der Waals surface area contributed by atoms with Crippen LogP contribution in [0.15, 0.2) is 40.4 Å². The largest absolute Gasteiger partial charge is 0.388 e. The number of nitrogens with zero attached hydrogens (tertiary/aromatic N) is 1. The maximum absolute atomic E-state index is 9.71. The molecule has 1 N–H and O–H groups in total. The predicted octanol–water partition coefficient (Wildman–Crippen LogP) is 4.19. The molecule has 0 aliphatic heterocycles. The van der Waals surface area contributed by atoms with Crippen molar-refractivity contribution in [2.24, 2.45) is 10.9 Å². The van der Waals surface area contributed by atoms with Gasteiger partial charge in [0.25, 0.3) is 0 Å². The molecule has 0 saturated heterocycles. The molecule has 0 aromatic heterocycles. The Morgan fingerprint density at radius 1 is 1.22 bits per heavy atom. The van der Waals surface area contributed by atoms with Gasteiger partial charge in [-0.15, -0.1) is 11.8 Å². The number of hydrogen-bond donors (Lipinski definition) is 1. The lowest BCUT2D eigenvalue weighted by molar-refractivity contribution is 0.239. The van der Waals surface area contributed by atoms with E-state index in [0.29, 0.717) is 11.6 Å². The fraction of sp³-hybridized carbons (Fsp3) is 0.533. The highest BCUT2D eigenvalue weighted by molar-refractivity contribution is 8.04. The lowest BCUT2D eigenvalue weighted by Crippen LogP contribution is -2.08. The number of aliphatic hydroxyl groups is 1. The molecule has 2 nitrogen and oxygen atoms in total. The SMILES string of the molecule is C=C(C)C(=C)N=CC(C)S/C(=C\C(C)C)C(C)O. The number of allylic oxidation sites excluding steroid dienone is 2. The van der Waals surface area contributed by atoms with Crippen LogP contribution in [0.1, 0.15) is 34.6 Å². The highest BCUT2D eigenvalue weighted by atomic mass is 32.2. The monoisotopic (exact) mass is 267 g/mol. The number of aliphatic hydroxyl groups excluding tert-OH is 1. The zero-order valence-corrected chi connectivity index (χ0v) is 12.9. The molecule has 0 rings (SSSR count). The number of aliphatic imine (C=N–C) groups is 1. The molecule has 0 bridgehead atoms. The summed E-state index contributed by atoms with van der Waals surface area (Å²) in [7, 11) is 0. The Balaban J connectivity index is 4.58. The Hall–Kier alpha value is -0.800. The summed E-state index contributed by atoms with van der Waals surface area (Å²) < 4.78 is 0. The van der Waals surface area contributed by atoms with Gasteiger partial charge in [0.2, 0.25) is 0 Å². The molecular weight excluding hydrogens is 242 g/mol. The van der Waals surface area contributed by atoms with Crippen LogP contribution < -0.4 is 0 Å². The van der Waals surface area contributed by atoms with E-state index >= 15 is 0 Å². The van der Waals surface area contributed by atoms with Crippen molar-refractivity contribution in [1.82, 2.24) is 0 Å². The van der Waals surface area contributed by atoms with Crippen molar-refractivity contribution in [2.75, 3.05) is 0 Å². The normalized spacial score (nSPS) is 16.1. The van der Waals surface area contributed by atoms with Crippen molar-refractivity contribution in [3.8, 4) is 0 Å². The first-order valence-electron chi connectivity index (χ1n) is 6.19. The van der Waals surface area contributed by atoms with Crippen LogP contribution in [0.25, 0.3) is 0 Å². The Morgan fingerprint density at radius 2 is 1.78 bits per heavy atom. The second kappa shape index (κ2) is 8.33. The maximum Gasteiger partial charge on any atom is 0.0817 e. The molecule has 0 aliphatic carbocycles. The van der Waals surface area contributed by atoms with E-state index in [9.17, 15) is 5.11 Å². The zero-order valence-electron chi connectivity index (χ0n) is 12.1. The van der Waals surface area contributed by atoms with E-state index in [1.165, 1.54) is 0 Å². The molecule has 2 unspecified atom stereocenters. The zero-order chi connectivity index (χ0) is 14.3. The average molecular weight is 267 g/mol. The highest BCUT2D eigenvalue weighted by Gasteiger charge is 2.10. The van der Waals surface area contributed by atoms with E-state index < -0.39 is 6.10 Å². The molecule has 0 heterocycles. The van der Waals surface area contributed by atoms with Gasteiger partial charge in [0, 0.05) is 16.4 Å². The molecule has 0 fully saturated rings. The second-order valence-corrected chi connectivity index (χ2v) is 6.27. The van der Waals surface area contributed by atoms with Gasteiger partial charge in [0.05, 0.1) is 11.8 Å². The first-order valence-corrected chi connectivity index (χ1v) is 7.07. The van der Waals surface area contributed by atoms with E-state index in [1.54, 1.807) is 18.7 Å². The van der Waals surface area contributed by atoms with Crippen LogP contribution >= 0.6 is 11.8 Å². The van der Waals surface area contributed by atoms with E-state index in [4.69, 9.17) is 0 Å². The summed E-state index contributed by atoms with van der Waals surface area (Å²) in [4.78, 5) is 5.26. The molecule has 0 radical (unpaired) electrons. The minimum absolute atomic E-state index is 0.195. The summed E-state index contributed by atoms with van der Waals surface area (Å²) in [5.41, 5.74) is 1.57. The Bertz CT molecular complexity index is 354. The maximum atomic E-state index is 9.71. The van der Waals surface area contributed by atoms with Crippen LogP contribution in [0.4, 0.5) is 0 Å². The molecule has 102 valence electrons. The van der Waals surface area contributed by atoms with Gasteiger partial charge in [-0.3, -0.25) is 4.99 Å². The lowest BCUT2D eigenvalue weighted by Gasteiger charge is -2.14. The van der Waals surface area contributed by atoms with E-state index in [1.807, 2.05) is 13.1 Å². The van der Waals surface area contributed by atoms with E-state index in [-0.39, 0.29) is 5.25 Å². The molecule has 0 saturated carbocycles. The molecule has 3 heteroatoms. The summed E-state index contributed by atoms with van der Waals surface area (Å²) in [5.74, 6) is 0.427. The highest BCUT2D eigenvalue weighted by Crippen LogP contribution is 2.25. The summed E-state index contributed by atoms with van der Waals surface area (Å²) in [6.45, 7) is 17.5. The first-order chi connectivity index (χ1) is 8.23. The van der Waals surface area contributed by atoms with Gasteiger partial charge in [-0.05, 0) is 32.3 Å². The van der Waals surface area contributed by atoms with Crippen LogP contribution in [-0.4, -0.2) is 22.7 Å². The van der Waals surface area contributed by atoms with Crippen molar-refractivity contribution < 1.29 is 5.11 Å². The Morgan fingerprint density at radius 3 is 2.17 bits per heavy atom. The Labute approximate surface area is 116 Å². The van der Waals surface area contributed by atoms with Gasteiger partial charge in [-0.2, -0.15) is 0 Å². The average Bonchev–Trinajstić information content (AvgIpc) is 2.23. The van der Waals surface area contributed by atoms with Crippen LogP contribution in [0.2, 0.25) is 0 Å². The van der Waals surface area contributed by atoms with Gasteiger partial charge >= 0.3 is 0 Å². The van der Waals surface area contributed by atoms with Gasteiger partial charge in [-0.25, -0.2) is 0 Å². The van der Waals surface area contributed by atoms with Gasteiger partial charge in [0.1, 0.15) is 0 Å². The van der Waals surface area contributed by atoms with Crippen molar-refractivity contribution >= 4 is 18.0 Å². The summed E-state index contributed by atoms with van der Waals surface area (Å²) in [6.07, 6.45) is 3.50. The van der Waals surface area contributed by atoms with Crippen molar-refractivity contribution in [3.05, 3.63) is 35.4 Å². The molecule has 18 heavy (non-hydrogen) atoms. The molecule has 0 aromatic rings. The quantitative estimate of drug-likeness (QED) is 0.554. The van der Waals surface area contributed by atoms with Crippen LogP contribution in [0.3, 0.4) is 0 Å². The van der Waals surface area contributed by atoms with E-state index in [2.05, 4.69) is 45.0 Å². The van der Waals surface area contributed by atoms with Crippen LogP contribution in [0.5, 0.6) is 0 Å². The number of hydrogen-bond acceptors (Lipinski definition) is 3. The third-order valence-electron chi connectivity index (χ3n) is 2.16. The topological polar surface area (TPSA) is 32.6 Å².